The maximum atomic E-state index is 13.9. The van der Waals surface area contributed by atoms with Crippen LogP contribution in [0, 0.1) is 11.6 Å². The van der Waals surface area contributed by atoms with Gasteiger partial charge in [-0.2, -0.15) is 0 Å². The predicted molar refractivity (Wildman–Crippen MR) is 91.1 cm³/mol. The molecule has 0 aliphatic carbocycles. The lowest BCUT2D eigenvalue weighted by atomic mass is 10.1. The van der Waals surface area contributed by atoms with E-state index < -0.39 is 17.7 Å². The quantitative estimate of drug-likeness (QED) is 0.653. The molecule has 2 aromatic rings. The third-order valence-electron chi connectivity index (χ3n) is 3.73. The minimum Gasteiger partial charge on any atom is -0.468 e. The van der Waals surface area contributed by atoms with Crippen LogP contribution in [-0.2, 0) is 22.6 Å². The minimum atomic E-state index is -0.936. The molecular weight excluding hydrogens is 344 g/mol. The number of aliphatic hydroxyl groups is 1. The summed E-state index contributed by atoms with van der Waals surface area (Å²) in [6.07, 6.45) is 1.55. The number of benzene rings is 1. The van der Waals surface area contributed by atoms with Crippen molar-refractivity contribution < 1.29 is 27.8 Å². The molecule has 0 unspecified atom stereocenters. The highest BCUT2D eigenvalue weighted by molar-refractivity contribution is 5.69. The van der Waals surface area contributed by atoms with Gasteiger partial charge in [0.05, 0.1) is 12.8 Å². The number of hydrogen-bond acceptors (Lipinski definition) is 5. The molecule has 1 heterocycles. The Morgan fingerprint density at radius 2 is 2.12 bits per heavy atom. The molecule has 5 nitrogen and oxygen atoms in total. The fraction of sp³-hybridized carbons (Fsp3) is 0.421. The van der Waals surface area contributed by atoms with Crippen LogP contribution >= 0.6 is 0 Å². The van der Waals surface area contributed by atoms with E-state index in [4.69, 9.17) is 9.15 Å². The molecule has 0 spiro atoms. The van der Waals surface area contributed by atoms with Crippen molar-refractivity contribution in [2.75, 3.05) is 13.2 Å². The average molecular weight is 367 g/mol. The molecule has 1 aromatic carbocycles. The van der Waals surface area contributed by atoms with Gasteiger partial charge in [-0.3, -0.25) is 9.69 Å². The van der Waals surface area contributed by atoms with E-state index in [1.165, 1.54) is 18.4 Å². The molecule has 0 radical (unpaired) electrons. The van der Waals surface area contributed by atoms with Crippen molar-refractivity contribution in [3.05, 3.63) is 59.6 Å². The summed E-state index contributed by atoms with van der Waals surface area (Å²) in [5, 5.41) is 10.2. The van der Waals surface area contributed by atoms with Crippen LogP contribution in [0.2, 0.25) is 0 Å². The maximum absolute atomic E-state index is 13.9. The number of carbonyl (C=O) groups is 1. The number of rotatable bonds is 10. The predicted octanol–water partition coefficient (Wildman–Crippen LogP) is 3.26. The lowest BCUT2D eigenvalue weighted by Crippen LogP contribution is -2.35. The van der Waals surface area contributed by atoms with Crippen molar-refractivity contribution in [2.45, 2.75) is 39.0 Å². The summed E-state index contributed by atoms with van der Waals surface area (Å²) < 4.78 is 37.3. The molecule has 7 heteroatoms. The lowest BCUT2D eigenvalue weighted by Gasteiger charge is -2.24. The van der Waals surface area contributed by atoms with Crippen LogP contribution in [0.25, 0.3) is 0 Å². The van der Waals surface area contributed by atoms with Crippen LogP contribution in [0.3, 0.4) is 0 Å². The second-order valence-electron chi connectivity index (χ2n) is 6.07. The van der Waals surface area contributed by atoms with Crippen molar-refractivity contribution >= 4 is 5.97 Å². The van der Waals surface area contributed by atoms with Gasteiger partial charge in [-0.05, 0) is 24.6 Å². The third-order valence-corrected chi connectivity index (χ3v) is 3.73. The second kappa shape index (κ2) is 10.0. The fourth-order valence-electron chi connectivity index (χ4n) is 2.51. The highest BCUT2D eigenvalue weighted by atomic mass is 19.1. The number of nitrogens with zero attached hydrogens (tertiary/aromatic N) is 1. The van der Waals surface area contributed by atoms with Gasteiger partial charge in [-0.1, -0.05) is 13.0 Å². The normalized spacial score (nSPS) is 12.3. The van der Waals surface area contributed by atoms with Crippen LogP contribution in [0.15, 0.2) is 41.0 Å². The first-order valence-electron chi connectivity index (χ1n) is 8.50. The van der Waals surface area contributed by atoms with E-state index in [0.29, 0.717) is 30.7 Å². The molecule has 0 saturated heterocycles. The molecule has 0 bridgehead atoms. The zero-order chi connectivity index (χ0) is 18.9. The van der Waals surface area contributed by atoms with Crippen LogP contribution in [0.4, 0.5) is 8.78 Å². The second-order valence-corrected chi connectivity index (χ2v) is 6.07. The van der Waals surface area contributed by atoms with Crippen molar-refractivity contribution in [2.24, 2.45) is 0 Å². The lowest BCUT2D eigenvalue weighted by molar-refractivity contribution is -0.147. The SMILES string of the molecule is CCCC(=O)OC[C@H](O)CN(Cc1ccco1)Cc1ccc(F)cc1F. The van der Waals surface area contributed by atoms with Gasteiger partial charge >= 0.3 is 5.97 Å². The van der Waals surface area contributed by atoms with Gasteiger partial charge in [-0.15, -0.1) is 0 Å². The van der Waals surface area contributed by atoms with E-state index in [1.807, 2.05) is 6.92 Å². The zero-order valence-corrected chi connectivity index (χ0v) is 14.7. The van der Waals surface area contributed by atoms with Crippen molar-refractivity contribution in [3.8, 4) is 0 Å². The molecule has 142 valence electrons. The molecule has 26 heavy (non-hydrogen) atoms. The third kappa shape index (κ3) is 6.57. The monoisotopic (exact) mass is 367 g/mol. The van der Waals surface area contributed by atoms with Crippen LogP contribution in [0.1, 0.15) is 31.1 Å². The molecule has 1 aromatic heterocycles. The smallest absolute Gasteiger partial charge is 0.305 e. The Morgan fingerprint density at radius 3 is 2.77 bits per heavy atom. The summed E-state index contributed by atoms with van der Waals surface area (Å²) in [6, 6.07) is 6.87. The highest BCUT2D eigenvalue weighted by Crippen LogP contribution is 2.15. The fourth-order valence-corrected chi connectivity index (χ4v) is 2.51. The van der Waals surface area contributed by atoms with Crippen molar-refractivity contribution in [1.29, 1.82) is 0 Å². The van der Waals surface area contributed by atoms with Gasteiger partial charge in [0.15, 0.2) is 0 Å². The molecule has 2 rings (SSSR count). The number of halogens is 2. The summed E-state index contributed by atoms with van der Waals surface area (Å²) in [5.41, 5.74) is 0.299. The molecule has 0 saturated carbocycles. The van der Waals surface area contributed by atoms with E-state index in [1.54, 1.807) is 17.0 Å². The molecule has 0 aliphatic rings. The van der Waals surface area contributed by atoms with Gasteiger partial charge in [0.2, 0.25) is 0 Å². The molecule has 0 aliphatic heterocycles. The number of furan rings is 1. The maximum Gasteiger partial charge on any atom is 0.305 e. The number of aliphatic hydroxyl groups excluding tert-OH is 1. The van der Waals surface area contributed by atoms with Crippen LogP contribution in [-0.4, -0.2) is 35.2 Å². The van der Waals surface area contributed by atoms with E-state index >= 15 is 0 Å². The minimum absolute atomic E-state index is 0.136. The Morgan fingerprint density at radius 1 is 1.31 bits per heavy atom. The Bertz CT molecular complexity index is 691. The first-order valence-corrected chi connectivity index (χ1v) is 8.50. The van der Waals surface area contributed by atoms with Crippen LogP contribution < -0.4 is 0 Å². The summed E-state index contributed by atoms with van der Waals surface area (Å²) in [5.74, 6) is -1.03. The first kappa shape index (κ1) is 20.1. The molecule has 1 N–H and O–H groups in total. The Kier molecular flexibility index (Phi) is 7.74. The van der Waals surface area contributed by atoms with Crippen molar-refractivity contribution in [1.82, 2.24) is 4.90 Å². The standard InChI is InChI=1S/C19H23F2NO4/c1-2-4-19(24)26-13-16(23)11-22(12-17-5-3-8-25-17)10-14-6-7-15(20)9-18(14)21/h3,5-9,16,23H,2,4,10-13H2,1H3/t16-/m1/s1. The summed E-state index contributed by atoms with van der Waals surface area (Å²) in [4.78, 5) is 13.2. The summed E-state index contributed by atoms with van der Waals surface area (Å²) in [7, 11) is 0. The zero-order valence-electron chi connectivity index (χ0n) is 14.7. The molecular formula is C19H23F2NO4. The molecule has 0 fully saturated rings. The summed E-state index contributed by atoms with van der Waals surface area (Å²) in [6.45, 7) is 2.33. The van der Waals surface area contributed by atoms with Crippen LogP contribution in [0.5, 0.6) is 0 Å². The van der Waals surface area contributed by atoms with E-state index in [9.17, 15) is 18.7 Å². The van der Waals surface area contributed by atoms with E-state index in [2.05, 4.69) is 0 Å². The Balaban J connectivity index is 1.99. The number of carbonyl (C=O) groups excluding carboxylic acids is 1. The number of hydrogen-bond donors (Lipinski definition) is 1. The van der Waals surface area contributed by atoms with Gasteiger partial charge < -0.3 is 14.3 Å². The van der Waals surface area contributed by atoms with Crippen molar-refractivity contribution in [3.63, 3.8) is 0 Å². The first-order chi connectivity index (χ1) is 12.5. The number of ether oxygens (including phenoxy) is 1. The Hall–Kier alpha value is -2.25. The highest BCUT2D eigenvalue weighted by Gasteiger charge is 2.17. The van der Waals surface area contributed by atoms with Gasteiger partial charge in [0.25, 0.3) is 0 Å². The number of esters is 1. The molecule has 0 amide bonds. The largest absolute Gasteiger partial charge is 0.468 e. The average Bonchev–Trinajstić information content (AvgIpc) is 3.09. The molecule has 1 atom stereocenters. The topological polar surface area (TPSA) is 62.9 Å². The van der Waals surface area contributed by atoms with Gasteiger partial charge in [-0.25, -0.2) is 8.78 Å². The van der Waals surface area contributed by atoms with E-state index in [0.717, 1.165) is 6.07 Å². The summed E-state index contributed by atoms with van der Waals surface area (Å²) >= 11 is 0. The van der Waals surface area contributed by atoms with E-state index in [-0.39, 0.29) is 25.7 Å². The van der Waals surface area contributed by atoms with Gasteiger partial charge in [0, 0.05) is 31.1 Å². The Labute approximate surface area is 151 Å². The van der Waals surface area contributed by atoms with Gasteiger partial charge in [0.1, 0.15) is 30.1 Å².